The van der Waals surface area contributed by atoms with E-state index < -0.39 is 28.5 Å². The third-order valence-electron chi connectivity index (χ3n) is 4.15. The number of halogens is 2. The summed E-state index contributed by atoms with van der Waals surface area (Å²) in [5.41, 5.74) is -0.164. The minimum atomic E-state index is -0.853. The second-order valence-electron chi connectivity index (χ2n) is 6.53. The highest BCUT2D eigenvalue weighted by Crippen LogP contribution is 2.26. The number of fused-ring (bicyclic) bond motifs is 1. The van der Waals surface area contributed by atoms with Crippen LogP contribution in [0.1, 0.15) is 26.8 Å². The standard InChI is InChI=1S/C20H19F2N3O2S/c1-11(2)25-19(27)13-7-4-5-10-16(13)23-20(25)28-12(3)18(26)24-17-14(21)8-6-9-15(17)22/h4-12H,1-3H3,(H,24,26)/t12-/m0/s1. The summed E-state index contributed by atoms with van der Waals surface area (Å²) in [6.07, 6.45) is 0. The molecule has 0 aliphatic rings. The van der Waals surface area contributed by atoms with Gasteiger partial charge in [-0.3, -0.25) is 14.2 Å². The minimum absolute atomic E-state index is 0.175. The summed E-state index contributed by atoms with van der Waals surface area (Å²) in [6, 6.07) is 10.2. The van der Waals surface area contributed by atoms with Gasteiger partial charge in [0.1, 0.15) is 17.3 Å². The maximum Gasteiger partial charge on any atom is 0.262 e. The van der Waals surface area contributed by atoms with Crippen molar-refractivity contribution < 1.29 is 13.6 Å². The van der Waals surface area contributed by atoms with Gasteiger partial charge < -0.3 is 5.32 Å². The molecule has 0 spiro atoms. The molecule has 1 amide bonds. The molecule has 2 aromatic carbocycles. The van der Waals surface area contributed by atoms with E-state index in [2.05, 4.69) is 10.3 Å². The van der Waals surface area contributed by atoms with E-state index in [4.69, 9.17) is 0 Å². The van der Waals surface area contributed by atoms with Crippen molar-refractivity contribution in [3.8, 4) is 0 Å². The summed E-state index contributed by atoms with van der Waals surface area (Å²) >= 11 is 1.06. The van der Waals surface area contributed by atoms with Gasteiger partial charge >= 0.3 is 0 Å². The first kappa shape index (κ1) is 20.0. The predicted octanol–water partition coefficient (Wildman–Crippen LogP) is 4.37. The van der Waals surface area contributed by atoms with E-state index in [1.807, 2.05) is 13.8 Å². The van der Waals surface area contributed by atoms with Crippen molar-refractivity contribution in [2.24, 2.45) is 0 Å². The third-order valence-corrected chi connectivity index (χ3v) is 5.22. The zero-order valence-electron chi connectivity index (χ0n) is 15.6. The second-order valence-corrected chi connectivity index (χ2v) is 7.83. The van der Waals surface area contributed by atoms with Crippen LogP contribution in [0.25, 0.3) is 10.9 Å². The summed E-state index contributed by atoms with van der Waals surface area (Å²) in [7, 11) is 0. The van der Waals surface area contributed by atoms with Crippen molar-refractivity contribution in [3.63, 3.8) is 0 Å². The first-order chi connectivity index (χ1) is 13.3. The van der Waals surface area contributed by atoms with Crippen LogP contribution in [0.15, 0.2) is 52.4 Å². The molecule has 0 radical (unpaired) electrons. The Morgan fingerprint density at radius 2 is 1.71 bits per heavy atom. The topological polar surface area (TPSA) is 64.0 Å². The highest BCUT2D eigenvalue weighted by Gasteiger charge is 2.22. The highest BCUT2D eigenvalue weighted by atomic mass is 32.2. The van der Waals surface area contributed by atoms with Gasteiger partial charge in [-0.2, -0.15) is 0 Å². The molecule has 3 rings (SSSR count). The van der Waals surface area contributed by atoms with Crippen LogP contribution < -0.4 is 10.9 Å². The fourth-order valence-corrected chi connectivity index (χ4v) is 3.76. The van der Waals surface area contributed by atoms with Crippen molar-refractivity contribution in [1.82, 2.24) is 9.55 Å². The van der Waals surface area contributed by atoms with Gasteiger partial charge in [0.05, 0.1) is 16.2 Å². The molecule has 0 bridgehead atoms. The highest BCUT2D eigenvalue weighted by molar-refractivity contribution is 8.00. The Bertz CT molecular complexity index is 1080. The van der Waals surface area contributed by atoms with Gasteiger partial charge in [0.2, 0.25) is 5.91 Å². The maximum absolute atomic E-state index is 13.8. The molecular weight excluding hydrogens is 384 g/mol. The van der Waals surface area contributed by atoms with Crippen LogP contribution in [0.4, 0.5) is 14.5 Å². The van der Waals surface area contributed by atoms with Crippen LogP contribution in [0.2, 0.25) is 0 Å². The quantitative estimate of drug-likeness (QED) is 0.507. The van der Waals surface area contributed by atoms with Gasteiger partial charge in [0.25, 0.3) is 5.56 Å². The van der Waals surface area contributed by atoms with Crippen molar-refractivity contribution in [3.05, 3.63) is 64.5 Å². The lowest BCUT2D eigenvalue weighted by molar-refractivity contribution is -0.115. The van der Waals surface area contributed by atoms with Gasteiger partial charge in [0.15, 0.2) is 5.16 Å². The summed E-state index contributed by atoms with van der Waals surface area (Å²) in [6.45, 7) is 5.29. The molecule has 28 heavy (non-hydrogen) atoms. The number of para-hydroxylation sites is 2. The maximum atomic E-state index is 13.8. The normalized spacial score (nSPS) is 12.4. The fourth-order valence-electron chi connectivity index (χ4n) is 2.72. The molecule has 0 saturated heterocycles. The number of nitrogens with one attached hydrogen (secondary N) is 1. The number of hydrogen-bond acceptors (Lipinski definition) is 4. The number of anilines is 1. The number of hydrogen-bond donors (Lipinski definition) is 1. The Balaban J connectivity index is 1.92. The molecule has 5 nitrogen and oxygen atoms in total. The van der Waals surface area contributed by atoms with Crippen molar-refractivity contribution >= 4 is 34.3 Å². The Labute approximate surface area is 164 Å². The first-order valence-corrected chi connectivity index (χ1v) is 9.60. The van der Waals surface area contributed by atoms with Crippen LogP contribution in [0.3, 0.4) is 0 Å². The van der Waals surface area contributed by atoms with Gasteiger partial charge in [0, 0.05) is 6.04 Å². The van der Waals surface area contributed by atoms with E-state index in [9.17, 15) is 18.4 Å². The Morgan fingerprint density at radius 1 is 1.07 bits per heavy atom. The number of aromatic nitrogens is 2. The molecule has 146 valence electrons. The molecule has 1 aromatic heterocycles. The number of carbonyl (C=O) groups is 1. The molecule has 1 N–H and O–H groups in total. The Hall–Kier alpha value is -2.74. The molecule has 1 heterocycles. The predicted molar refractivity (Wildman–Crippen MR) is 107 cm³/mol. The molecule has 0 aliphatic heterocycles. The van der Waals surface area contributed by atoms with Crippen molar-refractivity contribution in [2.45, 2.75) is 37.2 Å². The number of rotatable bonds is 5. The fraction of sp³-hybridized carbons (Fsp3) is 0.250. The molecule has 0 aliphatic carbocycles. The molecule has 3 aromatic rings. The van der Waals surface area contributed by atoms with E-state index in [1.165, 1.54) is 10.6 Å². The Kier molecular flexibility index (Phi) is 5.79. The average molecular weight is 403 g/mol. The van der Waals surface area contributed by atoms with E-state index in [0.29, 0.717) is 16.1 Å². The number of carbonyl (C=O) groups excluding carboxylic acids is 1. The van der Waals surface area contributed by atoms with Crippen molar-refractivity contribution in [2.75, 3.05) is 5.32 Å². The van der Waals surface area contributed by atoms with E-state index in [-0.39, 0.29) is 11.6 Å². The molecule has 0 saturated carbocycles. The van der Waals surface area contributed by atoms with E-state index in [0.717, 1.165) is 23.9 Å². The van der Waals surface area contributed by atoms with Gasteiger partial charge in [-0.25, -0.2) is 13.8 Å². The lowest BCUT2D eigenvalue weighted by atomic mass is 10.2. The number of thioether (sulfide) groups is 1. The van der Waals surface area contributed by atoms with Gasteiger partial charge in [-0.15, -0.1) is 0 Å². The largest absolute Gasteiger partial charge is 0.320 e. The van der Waals surface area contributed by atoms with Crippen LogP contribution in [-0.4, -0.2) is 20.7 Å². The minimum Gasteiger partial charge on any atom is -0.320 e. The van der Waals surface area contributed by atoms with Gasteiger partial charge in [-0.05, 0) is 45.0 Å². The summed E-state index contributed by atoms with van der Waals surface area (Å²) in [4.78, 5) is 29.8. The van der Waals surface area contributed by atoms with Crippen LogP contribution in [0.5, 0.6) is 0 Å². The third kappa shape index (κ3) is 3.91. The Morgan fingerprint density at radius 3 is 2.36 bits per heavy atom. The van der Waals surface area contributed by atoms with Crippen LogP contribution in [-0.2, 0) is 4.79 Å². The van der Waals surface area contributed by atoms with Crippen molar-refractivity contribution in [1.29, 1.82) is 0 Å². The van der Waals surface area contributed by atoms with E-state index >= 15 is 0 Å². The summed E-state index contributed by atoms with van der Waals surface area (Å²) < 4.78 is 29.1. The molecule has 0 fully saturated rings. The van der Waals surface area contributed by atoms with Gasteiger partial charge in [-0.1, -0.05) is 30.0 Å². The smallest absolute Gasteiger partial charge is 0.262 e. The first-order valence-electron chi connectivity index (χ1n) is 8.72. The molecule has 1 atom stereocenters. The number of amides is 1. The molecule has 8 heteroatoms. The average Bonchev–Trinajstić information content (AvgIpc) is 2.64. The molecular formula is C20H19F2N3O2S. The zero-order valence-corrected chi connectivity index (χ0v) is 16.4. The number of benzene rings is 2. The zero-order chi connectivity index (χ0) is 20.4. The second kappa shape index (κ2) is 8.10. The SMILES string of the molecule is CC(C)n1c(S[C@@H](C)C(=O)Nc2c(F)cccc2F)nc2ccccc2c1=O. The van der Waals surface area contributed by atoms with Crippen LogP contribution >= 0.6 is 11.8 Å². The summed E-state index contributed by atoms with van der Waals surface area (Å²) in [5, 5.41) is 2.40. The van der Waals surface area contributed by atoms with Crippen LogP contribution in [0, 0.1) is 11.6 Å². The van der Waals surface area contributed by atoms with E-state index in [1.54, 1.807) is 31.2 Å². The molecule has 0 unspecified atom stereocenters. The lowest BCUT2D eigenvalue weighted by Crippen LogP contribution is -2.28. The lowest BCUT2D eigenvalue weighted by Gasteiger charge is -2.18. The monoisotopic (exact) mass is 403 g/mol. The number of nitrogens with zero attached hydrogens (tertiary/aromatic N) is 2. The summed E-state index contributed by atoms with van der Waals surface area (Å²) in [5.74, 6) is -2.30.